The van der Waals surface area contributed by atoms with Crippen LogP contribution >= 0.6 is 0 Å². The van der Waals surface area contributed by atoms with Gasteiger partial charge in [-0.15, -0.1) is 0 Å². The van der Waals surface area contributed by atoms with E-state index in [4.69, 9.17) is 0 Å². The van der Waals surface area contributed by atoms with Crippen molar-refractivity contribution in [3.05, 3.63) is 35.9 Å². The van der Waals surface area contributed by atoms with Crippen molar-refractivity contribution in [2.45, 2.75) is 13.0 Å². The molecule has 1 N–H and O–H groups in total. The smallest absolute Gasteiger partial charge is 0.0230 e. The highest BCUT2D eigenvalue weighted by molar-refractivity contribution is 5.14. The maximum Gasteiger partial charge on any atom is 0.0230 e. The van der Waals surface area contributed by atoms with E-state index in [0.717, 1.165) is 19.6 Å². The molecular formula is C15H25N3. The normalized spacial score (nSPS) is 17.2. The Morgan fingerprint density at radius 2 is 1.89 bits per heavy atom. The SMILES string of the molecule is CN(CCCN1CCNCC1)Cc1ccccc1. The maximum atomic E-state index is 3.39. The molecule has 0 atom stereocenters. The van der Waals surface area contributed by atoms with Crippen LogP contribution in [0.25, 0.3) is 0 Å². The molecule has 2 rings (SSSR count). The minimum atomic E-state index is 1.06. The van der Waals surface area contributed by atoms with Crippen LogP contribution in [-0.2, 0) is 6.54 Å². The molecule has 0 bridgehead atoms. The fourth-order valence-corrected chi connectivity index (χ4v) is 2.47. The van der Waals surface area contributed by atoms with E-state index in [1.54, 1.807) is 0 Å². The van der Waals surface area contributed by atoms with Crippen LogP contribution in [0.3, 0.4) is 0 Å². The lowest BCUT2D eigenvalue weighted by Gasteiger charge is -2.28. The van der Waals surface area contributed by atoms with Gasteiger partial charge >= 0.3 is 0 Å². The molecule has 1 fully saturated rings. The molecule has 1 aromatic carbocycles. The Morgan fingerprint density at radius 3 is 2.61 bits per heavy atom. The molecular weight excluding hydrogens is 222 g/mol. The summed E-state index contributed by atoms with van der Waals surface area (Å²) in [6.07, 6.45) is 1.27. The van der Waals surface area contributed by atoms with E-state index in [1.165, 1.54) is 38.2 Å². The van der Waals surface area contributed by atoms with E-state index in [2.05, 4.69) is 52.5 Å². The van der Waals surface area contributed by atoms with Crippen molar-refractivity contribution in [1.29, 1.82) is 0 Å². The van der Waals surface area contributed by atoms with Crippen molar-refractivity contribution in [3.63, 3.8) is 0 Å². The van der Waals surface area contributed by atoms with Gasteiger partial charge in [0.25, 0.3) is 0 Å². The average Bonchev–Trinajstić information content (AvgIpc) is 2.41. The molecule has 0 spiro atoms. The lowest BCUT2D eigenvalue weighted by atomic mass is 10.2. The first-order valence-electron chi connectivity index (χ1n) is 7.00. The van der Waals surface area contributed by atoms with Crippen LogP contribution in [0.2, 0.25) is 0 Å². The monoisotopic (exact) mass is 247 g/mol. The fraction of sp³-hybridized carbons (Fsp3) is 0.600. The first-order chi connectivity index (χ1) is 8.84. The van der Waals surface area contributed by atoms with E-state index in [-0.39, 0.29) is 0 Å². The van der Waals surface area contributed by atoms with E-state index in [9.17, 15) is 0 Å². The second-order valence-electron chi connectivity index (χ2n) is 5.17. The van der Waals surface area contributed by atoms with E-state index in [1.807, 2.05) is 0 Å². The molecule has 18 heavy (non-hydrogen) atoms. The van der Waals surface area contributed by atoms with Crippen molar-refractivity contribution < 1.29 is 0 Å². The molecule has 0 saturated carbocycles. The third-order valence-corrected chi connectivity index (χ3v) is 3.52. The molecule has 3 heteroatoms. The van der Waals surface area contributed by atoms with Gasteiger partial charge in [0.1, 0.15) is 0 Å². The maximum absolute atomic E-state index is 3.39. The van der Waals surface area contributed by atoms with Crippen molar-refractivity contribution in [3.8, 4) is 0 Å². The van der Waals surface area contributed by atoms with Crippen molar-refractivity contribution in [2.24, 2.45) is 0 Å². The molecule has 0 aliphatic carbocycles. The Balaban J connectivity index is 1.61. The molecule has 3 nitrogen and oxygen atoms in total. The molecule has 1 aliphatic rings. The zero-order valence-electron chi connectivity index (χ0n) is 11.4. The minimum Gasteiger partial charge on any atom is -0.314 e. The number of nitrogens with one attached hydrogen (secondary N) is 1. The van der Waals surface area contributed by atoms with E-state index >= 15 is 0 Å². The van der Waals surface area contributed by atoms with Gasteiger partial charge in [0, 0.05) is 32.7 Å². The van der Waals surface area contributed by atoms with Crippen LogP contribution < -0.4 is 5.32 Å². The molecule has 0 aromatic heterocycles. The first kappa shape index (κ1) is 13.5. The summed E-state index contributed by atoms with van der Waals surface area (Å²) in [5.41, 5.74) is 1.40. The van der Waals surface area contributed by atoms with Gasteiger partial charge in [-0.2, -0.15) is 0 Å². The van der Waals surface area contributed by atoms with Crippen LogP contribution in [0.1, 0.15) is 12.0 Å². The number of nitrogens with zero attached hydrogens (tertiary/aromatic N) is 2. The zero-order chi connectivity index (χ0) is 12.6. The number of benzene rings is 1. The number of hydrogen-bond acceptors (Lipinski definition) is 3. The van der Waals surface area contributed by atoms with Gasteiger partial charge in [-0.25, -0.2) is 0 Å². The van der Waals surface area contributed by atoms with Gasteiger partial charge in [-0.1, -0.05) is 30.3 Å². The number of rotatable bonds is 6. The Kier molecular flexibility index (Phi) is 5.65. The van der Waals surface area contributed by atoms with E-state index in [0.29, 0.717) is 0 Å². The lowest BCUT2D eigenvalue weighted by Crippen LogP contribution is -2.44. The largest absolute Gasteiger partial charge is 0.314 e. The molecule has 0 unspecified atom stereocenters. The van der Waals surface area contributed by atoms with Crippen molar-refractivity contribution in [1.82, 2.24) is 15.1 Å². The van der Waals surface area contributed by atoms with Crippen LogP contribution in [-0.4, -0.2) is 56.1 Å². The molecule has 100 valence electrons. The van der Waals surface area contributed by atoms with E-state index < -0.39 is 0 Å². The van der Waals surface area contributed by atoms with Gasteiger partial charge in [0.05, 0.1) is 0 Å². The molecule has 1 aromatic rings. The highest BCUT2D eigenvalue weighted by Gasteiger charge is 2.09. The number of piperazine rings is 1. The average molecular weight is 247 g/mol. The quantitative estimate of drug-likeness (QED) is 0.820. The summed E-state index contributed by atoms with van der Waals surface area (Å²) in [4.78, 5) is 4.98. The highest BCUT2D eigenvalue weighted by Crippen LogP contribution is 2.03. The summed E-state index contributed by atoms with van der Waals surface area (Å²) in [6, 6.07) is 10.7. The Hall–Kier alpha value is -0.900. The van der Waals surface area contributed by atoms with Crippen LogP contribution in [0, 0.1) is 0 Å². The van der Waals surface area contributed by atoms with Gasteiger partial charge in [-0.05, 0) is 32.1 Å². The molecule has 1 aliphatic heterocycles. The second kappa shape index (κ2) is 7.52. The van der Waals surface area contributed by atoms with Crippen molar-refractivity contribution >= 4 is 0 Å². The minimum absolute atomic E-state index is 1.06. The topological polar surface area (TPSA) is 18.5 Å². The molecule has 0 amide bonds. The second-order valence-corrected chi connectivity index (χ2v) is 5.17. The zero-order valence-corrected chi connectivity index (χ0v) is 11.4. The Bertz CT molecular complexity index is 320. The summed E-state index contributed by atoms with van der Waals surface area (Å²) < 4.78 is 0. The summed E-state index contributed by atoms with van der Waals surface area (Å²) in [5, 5.41) is 3.39. The number of hydrogen-bond donors (Lipinski definition) is 1. The fourth-order valence-electron chi connectivity index (χ4n) is 2.47. The van der Waals surface area contributed by atoms with Crippen LogP contribution in [0.15, 0.2) is 30.3 Å². The predicted molar refractivity (Wildman–Crippen MR) is 76.7 cm³/mol. The predicted octanol–water partition coefficient (Wildman–Crippen LogP) is 1.41. The van der Waals surface area contributed by atoms with Crippen molar-refractivity contribution in [2.75, 3.05) is 46.3 Å². The van der Waals surface area contributed by atoms with Crippen LogP contribution in [0.4, 0.5) is 0 Å². The third kappa shape index (κ3) is 4.77. The summed E-state index contributed by atoms with van der Waals surface area (Å²) in [7, 11) is 2.21. The molecule has 1 heterocycles. The molecule has 1 saturated heterocycles. The Labute approximate surface area is 111 Å². The highest BCUT2D eigenvalue weighted by atomic mass is 15.2. The third-order valence-electron chi connectivity index (χ3n) is 3.52. The standard InChI is InChI=1S/C15H25N3/c1-17(14-15-6-3-2-4-7-15)10-5-11-18-12-8-16-9-13-18/h2-4,6-7,16H,5,8-14H2,1H3. The first-order valence-corrected chi connectivity index (χ1v) is 7.00. The summed E-state index contributed by atoms with van der Waals surface area (Å²) >= 11 is 0. The van der Waals surface area contributed by atoms with Gasteiger partial charge in [0.2, 0.25) is 0 Å². The van der Waals surface area contributed by atoms with Gasteiger partial charge in [-0.3, -0.25) is 0 Å². The summed E-state index contributed by atoms with van der Waals surface area (Å²) in [6.45, 7) is 8.20. The van der Waals surface area contributed by atoms with Crippen LogP contribution in [0.5, 0.6) is 0 Å². The van der Waals surface area contributed by atoms with Gasteiger partial charge < -0.3 is 15.1 Å². The summed E-state index contributed by atoms with van der Waals surface area (Å²) in [5.74, 6) is 0. The van der Waals surface area contributed by atoms with Gasteiger partial charge in [0.15, 0.2) is 0 Å². The lowest BCUT2D eigenvalue weighted by molar-refractivity contribution is 0.220. The Morgan fingerprint density at radius 1 is 1.17 bits per heavy atom. The molecule has 0 radical (unpaired) electrons.